The predicted octanol–water partition coefficient (Wildman–Crippen LogP) is 4.70. The summed E-state index contributed by atoms with van der Waals surface area (Å²) in [6, 6.07) is 22.9. The molecule has 96 valence electrons. The van der Waals surface area contributed by atoms with E-state index >= 15 is 0 Å². The number of hydrogen-bond donors (Lipinski definition) is 0. The number of allylic oxidation sites excluding steroid dienone is 4. The van der Waals surface area contributed by atoms with Crippen molar-refractivity contribution in [1.82, 2.24) is 0 Å². The molecule has 20 heavy (non-hydrogen) atoms. The molecule has 2 aromatic rings. The van der Waals surface area contributed by atoms with Gasteiger partial charge in [0.25, 0.3) is 0 Å². The Balaban J connectivity index is 2.03. The Kier molecular flexibility index (Phi) is 3.48. The fraction of sp³-hybridized carbons (Fsp3) is 0.105. The van der Waals surface area contributed by atoms with Crippen LogP contribution < -0.4 is 0 Å². The van der Waals surface area contributed by atoms with Gasteiger partial charge in [0.05, 0.1) is 12.0 Å². The largest absolute Gasteiger partial charge is 0.198 e. The zero-order valence-electron chi connectivity index (χ0n) is 11.2. The molecule has 2 aromatic carbocycles. The first-order chi connectivity index (χ1) is 9.86. The number of nitrogens with zero attached hydrogens (tertiary/aromatic N) is 1. The molecule has 1 unspecified atom stereocenters. The summed E-state index contributed by atoms with van der Waals surface area (Å²) in [7, 11) is 0. The van der Waals surface area contributed by atoms with Crippen molar-refractivity contribution in [3.05, 3.63) is 83.9 Å². The molecule has 1 aliphatic rings. The fourth-order valence-electron chi connectivity index (χ4n) is 2.55. The molecule has 1 nitrogen and oxygen atoms in total. The highest BCUT2D eigenvalue weighted by Crippen LogP contribution is 2.33. The van der Waals surface area contributed by atoms with Crippen LogP contribution in [0, 0.1) is 17.2 Å². The standard InChI is InChI=1S/C19H15N/c20-14-15-11-18(16-7-3-1-4-8-16)13-19(12-15)17-9-5-2-6-10-17/h1-11,13,15H,12H2. The van der Waals surface area contributed by atoms with Crippen LogP contribution >= 0.6 is 0 Å². The van der Waals surface area contributed by atoms with Crippen LogP contribution in [0.1, 0.15) is 17.5 Å². The van der Waals surface area contributed by atoms with E-state index in [1.54, 1.807) is 0 Å². The Morgan fingerprint density at radius 3 is 2.05 bits per heavy atom. The molecule has 0 heterocycles. The van der Waals surface area contributed by atoms with E-state index in [9.17, 15) is 5.26 Å². The lowest BCUT2D eigenvalue weighted by Crippen LogP contribution is -2.02. The van der Waals surface area contributed by atoms with Crippen LogP contribution in [0.3, 0.4) is 0 Å². The minimum Gasteiger partial charge on any atom is -0.198 e. The molecule has 0 radical (unpaired) electrons. The summed E-state index contributed by atoms with van der Waals surface area (Å²) in [6.07, 6.45) is 5.07. The average Bonchev–Trinajstić information content (AvgIpc) is 2.56. The normalized spacial score (nSPS) is 17.9. The summed E-state index contributed by atoms with van der Waals surface area (Å²) in [5.74, 6) is -0.0505. The third kappa shape index (κ3) is 2.55. The lowest BCUT2D eigenvalue weighted by molar-refractivity contribution is 0.855. The Bertz CT molecular complexity index is 688. The van der Waals surface area contributed by atoms with Gasteiger partial charge >= 0.3 is 0 Å². The molecular weight excluding hydrogens is 242 g/mol. The molecule has 0 N–H and O–H groups in total. The smallest absolute Gasteiger partial charge is 0.0701 e. The number of rotatable bonds is 2. The van der Waals surface area contributed by atoms with Gasteiger partial charge in [-0.05, 0) is 28.7 Å². The van der Waals surface area contributed by atoms with Gasteiger partial charge < -0.3 is 0 Å². The Hall–Kier alpha value is -2.59. The second-order valence-electron chi connectivity index (χ2n) is 4.96. The van der Waals surface area contributed by atoms with E-state index in [1.165, 1.54) is 16.7 Å². The summed E-state index contributed by atoms with van der Waals surface area (Å²) < 4.78 is 0. The molecule has 3 rings (SSSR count). The lowest BCUT2D eigenvalue weighted by atomic mass is 9.85. The van der Waals surface area contributed by atoms with E-state index in [0.717, 1.165) is 12.0 Å². The number of nitriles is 1. The van der Waals surface area contributed by atoms with Crippen LogP contribution in [0.25, 0.3) is 11.1 Å². The first kappa shape index (κ1) is 12.4. The Morgan fingerprint density at radius 2 is 1.45 bits per heavy atom. The minimum absolute atomic E-state index is 0.0505. The molecule has 0 saturated carbocycles. The topological polar surface area (TPSA) is 23.8 Å². The van der Waals surface area contributed by atoms with Gasteiger partial charge in [-0.2, -0.15) is 5.26 Å². The van der Waals surface area contributed by atoms with Gasteiger partial charge in [0, 0.05) is 0 Å². The van der Waals surface area contributed by atoms with E-state index in [1.807, 2.05) is 36.4 Å². The van der Waals surface area contributed by atoms with Gasteiger partial charge in [0.1, 0.15) is 0 Å². The summed E-state index contributed by atoms with van der Waals surface area (Å²) in [6.45, 7) is 0. The highest BCUT2D eigenvalue weighted by atomic mass is 14.3. The van der Waals surface area contributed by atoms with Gasteiger partial charge in [0.2, 0.25) is 0 Å². The third-order valence-electron chi connectivity index (χ3n) is 3.57. The van der Waals surface area contributed by atoms with E-state index in [-0.39, 0.29) is 5.92 Å². The molecule has 0 amide bonds. The second kappa shape index (κ2) is 5.59. The zero-order chi connectivity index (χ0) is 13.8. The van der Waals surface area contributed by atoms with Crippen molar-refractivity contribution in [3.8, 4) is 6.07 Å². The van der Waals surface area contributed by atoms with Crippen molar-refractivity contribution in [2.45, 2.75) is 6.42 Å². The van der Waals surface area contributed by atoms with E-state index in [4.69, 9.17) is 0 Å². The van der Waals surface area contributed by atoms with Gasteiger partial charge in [-0.1, -0.05) is 72.8 Å². The molecule has 0 aliphatic heterocycles. The summed E-state index contributed by atoms with van der Waals surface area (Å²) >= 11 is 0. The molecule has 0 spiro atoms. The van der Waals surface area contributed by atoms with E-state index < -0.39 is 0 Å². The zero-order valence-corrected chi connectivity index (χ0v) is 11.2. The fourth-order valence-corrected chi connectivity index (χ4v) is 2.55. The molecule has 0 fully saturated rings. The maximum Gasteiger partial charge on any atom is 0.0701 e. The maximum absolute atomic E-state index is 9.30. The molecule has 1 heteroatoms. The van der Waals surface area contributed by atoms with Crippen molar-refractivity contribution < 1.29 is 0 Å². The van der Waals surface area contributed by atoms with Crippen LogP contribution in [0.5, 0.6) is 0 Å². The molecule has 1 aliphatic carbocycles. The number of hydrogen-bond acceptors (Lipinski definition) is 1. The third-order valence-corrected chi connectivity index (χ3v) is 3.57. The quantitative estimate of drug-likeness (QED) is 0.765. The summed E-state index contributed by atoms with van der Waals surface area (Å²) in [4.78, 5) is 0. The highest BCUT2D eigenvalue weighted by Gasteiger charge is 2.16. The van der Waals surface area contributed by atoms with Crippen molar-refractivity contribution in [2.75, 3.05) is 0 Å². The molecule has 1 atom stereocenters. The molecule has 0 saturated heterocycles. The van der Waals surface area contributed by atoms with Crippen LogP contribution in [-0.4, -0.2) is 0 Å². The van der Waals surface area contributed by atoms with Gasteiger partial charge in [-0.25, -0.2) is 0 Å². The number of benzene rings is 2. The minimum atomic E-state index is -0.0505. The Morgan fingerprint density at radius 1 is 0.850 bits per heavy atom. The predicted molar refractivity (Wildman–Crippen MR) is 82.6 cm³/mol. The van der Waals surface area contributed by atoms with E-state index in [2.05, 4.69) is 42.5 Å². The van der Waals surface area contributed by atoms with Gasteiger partial charge in [0.15, 0.2) is 0 Å². The first-order valence-electron chi connectivity index (χ1n) is 6.79. The van der Waals surface area contributed by atoms with E-state index in [0.29, 0.717) is 0 Å². The SMILES string of the molecule is N#CC1C=C(c2ccccc2)C=C(c2ccccc2)C1. The van der Waals surface area contributed by atoms with Crippen molar-refractivity contribution in [3.63, 3.8) is 0 Å². The first-order valence-corrected chi connectivity index (χ1v) is 6.79. The molecular formula is C19H15N. The maximum atomic E-state index is 9.30. The van der Waals surface area contributed by atoms with Crippen molar-refractivity contribution >= 4 is 11.1 Å². The van der Waals surface area contributed by atoms with Crippen LogP contribution in [0.4, 0.5) is 0 Å². The summed E-state index contributed by atoms with van der Waals surface area (Å²) in [5.41, 5.74) is 4.75. The van der Waals surface area contributed by atoms with Crippen LogP contribution in [0.2, 0.25) is 0 Å². The Labute approximate surface area is 119 Å². The summed E-state index contributed by atoms with van der Waals surface area (Å²) in [5, 5.41) is 9.30. The molecule has 0 aromatic heterocycles. The second-order valence-corrected chi connectivity index (χ2v) is 4.96. The molecule has 0 bridgehead atoms. The van der Waals surface area contributed by atoms with Crippen molar-refractivity contribution in [2.24, 2.45) is 5.92 Å². The monoisotopic (exact) mass is 257 g/mol. The van der Waals surface area contributed by atoms with Crippen LogP contribution in [-0.2, 0) is 0 Å². The van der Waals surface area contributed by atoms with Crippen molar-refractivity contribution in [1.29, 1.82) is 5.26 Å². The van der Waals surface area contributed by atoms with Gasteiger partial charge in [-0.15, -0.1) is 0 Å². The highest BCUT2D eigenvalue weighted by molar-refractivity contribution is 5.86. The lowest BCUT2D eigenvalue weighted by Gasteiger charge is -2.18. The van der Waals surface area contributed by atoms with Crippen LogP contribution in [0.15, 0.2) is 72.8 Å². The van der Waals surface area contributed by atoms with Gasteiger partial charge in [-0.3, -0.25) is 0 Å². The average molecular weight is 257 g/mol.